The van der Waals surface area contributed by atoms with E-state index in [1.54, 1.807) is 31.5 Å². The number of anilines is 2. The molecule has 0 aliphatic rings. The minimum absolute atomic E-state index is 0.254. The Labute approximate surface area is 145 Å². The summed E-state index contributed by atoms with van der Waals surface area (Å²) >= 11 is 0. The van der Waals surface area contributed by atoms with Gasteiger partial charge in [-0.1, -0.05) is 17.3 Å². The van der Waals surface area contributed by atoms with Crippen molar-refractivity contribution >= 4 is 17.4 Å². The summed E-state index contributed by atoms with van der Waals surface area (Å²) in [5.41, 5.74) is 2.00. The predicted molar refractivity (Wildman–Crippen MR) is 92.9 cm³/mol. The molecule has 2 aromatic heterocycles. The summed E-state index contributed by atoms with van der Waals surface area (Å²) in [4.78, 5) is 16.4. The van der Waals surface area contributed by atoms with Crippen molar-refractivity contribution in [3.8, 4) is 5.75 Å². The van der Waals surface area contributed by atoms with Gasteiger partial charge in [0.15, 0.2) is 5.82 Å². The first-order chi connectivity index (χ1) is 12.1. The zero-order valence-electron chi connectivity index (χ0n) is 13.9. The molecule has 0 saturated carbocycles. The lowest BCUT2D eigenvalue weighted by Crippen LogP contribution is -2.23. The molecule has 1 aromatic carbocycles. The number of nitrogens with one attached hydrogen (secondary N) is 2. The van der Waals surface area contributed by atoms with E-state index < -0.39 is 0 Å². The molecule has 0 atom stereocenters. The molecule has 0 radical (unpaired) electrons. The Kier molecular flexibility index (Phi) is 4.94. The minimum Gasteiger partial charge on any atom is -0.497 e. The molecule has 7 nitrogen and oxygen atoms in total. The van der Waals surface area contributed by atoms with E-state index in [-0.39, 0.29) is 5.91 Å². The van der Waals surface area contributed by atoms with Crippen LogP contribution in [-0.4, -0.2) is 23.2 Å². The number of ether oxygens (including phenoxy) is 1. The van der Waals surface area contributed by atoms with Gasteiger partial charge in [-0.25, -0.2) is 0 Å². The van der Waals surface area contributed by atoms with Crippen molar-refractivity contribution in [1.82, 2.24) is 15.5 Å². The summed E-state index contributed by atoms with van der Waals surface area (Å²) in [5, 5.41) is 9.77. The standard InChI is InChI=1S/C18H18N4O3/c1-12-9-17(22-25-12)21-14-7-8-19-16(10-14)18(23)20-11-13-3-5-15(24-2)6-4-13/h3-10H,11H2,1-2H3,(H,20,23)(H,19,21,22). The van der Waals surface area contributed by atoms with Crippen LogP contribution >= 0.6 is 0 Å². The van der Waals surface area contributed by atoms with E-state index in [4.69, 9.17) is 9.26 Å². The van der Waals surface area contributed by atoms with Gasteiger partial charge >= 0.3 is 0 Å². The van der Waals surface area contributed by atoms with E-state index in [0.717, 1.165) is 11.3 Å². The van der Waals surface area contributed by atoms with E-state index in [1.165, 1.54) is 0 Å². The molecule has 0 spiro atoms. The van der Waals surface area contributed by atoms with Crippen molar-refractivity contribution in [2.45, 2.75) is 13.5 Å². The van der Waals surface area contributed by atoms with Crippen LogP contribution in [-0.2, 0) is 6.54 Å². The molecule has 0 unspecified atom stereocenters. The molecule has 0 aliphatic heterocycles. The zero-order chi connectivity index (χ0) is 17.6. The van der Waals surface area contributed by atoms with Crippen LogP contribution in [0.3, 0.4) is 0 Å². The largest absolute Gasteiger partial charge is 0.497 e. The molecule has 1 amide bonds. The third kappa shape index (κ3) is 4.35. The van der Waals surface area contributed by atoms with Gasteiger partial charge in [0.1, 0.15) is 17.2 Å². The van der Waals surface area contributed by atoms with Crippen LogP contribution in [0.2, 0.25) is 0 Å². The highest BCUT2D eigenvalue weighted by Crippen LogP contribution is 2.16. The first-order valence-electron chi connectivity index (χ1n) is 7.71. The first kappa shape index (κ1) is 16.5. The number of aryl methyl sites for hydroxylation is 1. The fraction of sp³-hybridized carbons (Fsp3) is 0.167. The summed E-state index contributed by atoms with van der Waals surface area (Å²) in [6.45, 7) is 2.22. The number of methoxy groups -OCH3 is 1. The van der Waals surface area contributed by atoms with Crippen molar-refractivity contribution in [2.24, 2.45) is 0 Å². The second-order valence-corrected chi connectivity index (χ2v) is 5.41. The topological polar surface area (TPSA) is 89.3 Å². The summed E-state index contributed by atoms with van der Waals surface area (Å²) in [7, 11) is 1.61. The molecule has 3 rings (SSSR count). The highest BCUT2D eigenvalue weighted by atomic mass is 16.5. The molecule has 0 saturated heterocycles. The number of nitrogens with zero attached hydrogens (tertiary/aromatic N) is 2. The Morgan fingerprint density at radius 1 is 1.20 bits per heavy atom. The monoisotopic (exact) mass is 338 g/mol. The quantitative estimate of drug-likeness (QED) is 0.718. The Morgan fingerprint density at radius 3 is 2.68 bits per heavy atom. The van der Waals surface area contributed by atoms with Gasteiger partial charge in [0.2, 0.25) is 0 Å². The van der Waals surface area contributed by atoms with Gasteiger partial charge in [-0.05, 0) is 36.8 Å². The van der Waals surface area contributed by atoms with Crippen LogP contribution in [0.1, 0.15) is 21.8 Å². The maximum atomic E-state index is 12.3. The van der Waals surface area contributed by atoms with Crippen molar-refractivity contribution in [3.05, 3.63) is 65.7 Å². The van der Waals surface area contributed by atoms with Gasteiger partial charge in [-0.15, -0.1) is 0 Å². The third-order valence-electron chi connectivity index (χ3n) is 3.51. The van der Waals surface area contributed by atoms with Crippen molar-refractivity contribution in [1.29, 1.82) is 0 Å². The Bertz CT molecular complexity index is 859. The maximum absolute atomic E-state index is 12.3. The highest BCUT2D eigenvalue weighted by molar-refractivity contribution is 5.93. The normalized spacial score (nSPS) is 10.3. The minimum atomic E-state index is -0.254. The van der Waals surface area contributed by atoms with E-state index in [1.807, 2.05) is 31.2 Å². The van der Waals surface area contributed by atoms with Gasteiger partial charge < -0.3 is 19.9 Å². The zero-order valence-corrected chi connectivity index (χ0v) is 13.9. The van der Waals surface area contributed by atoms with Gasteiger partial charge in [-0.2, -0.15) is 0 Å². The second-order valence-electron chi connectivity index (χ2n) is 5.41. The summed E-state index contributed by atoms with van der Waals surface area (Å²) in [6, 6.07) is 12.7. The highest BCUT2D eigenvalue weighted by Gasteiger charge is 2.09. The molecular weight excluding hydrogens is 320 g/mol. The SMILES string of the molecule is COc1ccc(CNC(=O)c2cc(Nc3cc(C)on3)ccn2)cc1. The third-order valence-corrected chi connectivity index (χ3v) is 3.51. The van der Waals surface area contributed by atoms with E-state index >= 15 is 0 Å². The van der Waals surface area contributed by atoms with Crippen molar-refractivity contribution in [2.75, 3.05) is 12.4 Å². The summed E-state index contributed by atoms with van der Waals surface area (Å²) < 4.78 is 10.1. The van der Waals surface area contributed by atoms with Gasteiger partial charge in [0.25, 0.3) is 5.91 Å². The Morgan fingerprint density at radius 2 is 2.00 bits per heavy atom. The van der Waals surface area contributed by atoms with Crippen LogP contribution in [0.25, 0.3) is 0 Å². The number of amides is 1. The summed E-state index contributed by atoms with van der Waals surface area (Å²) in [6.07, 6.45) is 1.57. The molecule has 2 heterocycles. The molecular formula is C18H18N4O3. The van der Waals surface area contributed by atoms with E-state index in [9.17, 15) is 4.79 Å². The maximum Gasteiger partial charge on any atom is 0.270 e. The second kappa shape index (κ2) is 7.48. The number of rotatable bonds is 6. The Balaban J connectivity index is 1.62. The molecule has 0 aliphatic carbocycles. The number of aromatic nitrogens is 2. The van der Waals surface area contributed by atoms with Crippen molar-refractivity contribution < 1.29 is 14.1 Å². The lowest BCUT2D eigenvalue weighted by Gasteiger charge is -2.07. The molecule has 0 bridgehead atoms. The number of carbonyl (C=O) groups is 1. The smallest absolute Gasteiger partial charge is 0.270 e. The predicted octanol–water partition coefficient (Wildman–Crippen LogP) is 3.06. The fourth-order valence-corrected chi connectivity index (χ4v) is 2.22. The number of pyridine rings is 1. The molecule has 7 heteroatoms. The summed E-state index contributed by atoms with van der Waals surface area (Å²) in [5.74, 6) is 1.80. The molecule has 3 aromatic rings. The van der Waals surface area contributed by atoms with Crippen LogP contribution in [0.4, 0.5) is 11.5 Å². The van der Waals surface area contributed by atoms with E-state index in [0.29, 0.717) is 29.5 Å². The van der Waals surface area contributed by atoms with Crippen LogP contribution in [0.5, 0.6) is 5.75 Å². The first-order valence-corrected chi connectivity index (χ1v) is 7.71. The molecule has 2 N–H and O–H groups in total. The molecule has 25 heavy (non-hydrogen) atoms. The van der Waals surface area contributed by atoms with Crippen molar-refractivity contribution in [3.63, 3.8) is 0 Å². The molecule has 128 valence electrons. The number of hydrogen-bond acceptors (Lipinski definition) is 6. The van der Waals surface area contributed by atoms with E-state index in [2.05, 4.69) is 20.8 Å². The average Bonchev–Trinajstić information content (AvgIpc) is 3.05. The lowest BCUT2D eigenvalue weighted by atomic mass is 10.2. The van der Waals surface area contributed by atoms with Gasteiger partial charge in [-0.3, -0.25) is 9.78 Å². The average molecular weight is 338 g/mol. The number of carbonyl (C=O) groups excluding carboxylic acids is 1. The Hall–Kier alpha value is -3.35. The fourth-order valence-electron chi connectivity index (χ4n) is 2.22. The number of hydrogen-bond donors (Lipinski definition) is 2. The van der Waals surface area contributed by atoms with Crippen LogP contribution in [0.15, 0.2) is 53.2 Å². The van der Waals surface area contributed by atoms with Gasteiger partial charge in [0, 0.05) is 24.5 Å². The molecule has 0 fully saturated rings. The lowest BCUT2D eigenvalue weighted by molar-refractivity contribution is 0.0946. The van der Waals surface area contributed by atoms with Crippen LogP contribution < -0.4 is 15.4 Å². The van der Waals surface area contributed by atoms with Gasteiger partial charge in [0.05, 0.1) is 7.11 Å². The number of benzene rings is 1. The van der Waals surface area contributed by atoms with Crippen LogP contribution in [0, 0.1) is 6.92 Å².